The number of rotatable bonds is 6. The predicted octanol–water partition coefficient (Wildman–Crippen LogP) is 3.05. The molecule has 0 bridgehead atoms. The van der Waals surface area contributed by atoms with Crippen LogP contribution in [0.15, 0.2) is 22.8 Å². The molecule has 1 atom stereocenters. The highest BCUT2D eigenvalue weighted by Crippen LogP contribution is 2.27. The van der Waals surface area contributed by atoms with E-state index in [1.807, 2.05) is 23.9 Å². The zero-order chi connectivity index (χ0) is 15.6. The van der Waals surface area contributed by atoms with Gasteiger partial charge in [0.05, 0.1) is 18.0 Å². The Hall–Kier alpha value is -1.75. The Morgan fingerprint density at radius 3 is 2.57 bits per heavy atom. The second-order valence-electron chi connectivity index (χ2n) is 5.98. The van der Waals surface area contributed by atoms with Gasteiger partial charge in [0.25, 0.3) is 0 Å². The van der Waals surface area contributed by atoms with Gasteiger partial charge in [-0.2, -0.15) is 5.10 Å². The van der Waals surface area contributed by atoms with Crippen molar-refractivity contribution in [2.24, 2.45) is 7.05 Å². The smallest absolute Gasteiger partial charge is 0.130 e. The number of hydrogen-bond donors (Lipinski definition) is 1. The summed E-state index contributed by atoms with van der Waals surface area (Å²) in [7, 11) is 6.11. The van der Waals surface area contributed by atoms with E-state index in [4.69, 9.17) is 4.42 Å². The van der Waals surface area contributed by atoms with Gasteiger partial charge in [-0.25, -0.2) is 0 Å². The van der Waals surface area contributed by atoms with E-state index in [9.17, 15) is 0 Å². The van der Waals surface area contributed by atoms with Crippen molar-refractivity contribution in [3.05, 3.63) is 35.4 Å². The van der Waals surface area contributed by atoms with E-state index in [1.54, 1.807) is 6.26 Å². The Balaban J connectivity index is 2.21. The average molecular weight is 290 g/mol. The van der Waals surface area contributed by atoms with E-state index < -0.39 is 0 Å². The van der Waals surface area contributed by atoms with E-state index in [1.165, 1.54) is 5.56 Å². The molecule has 0 saturated carbocycles. The van der Waals surface area contributed by atoms with Crippen molar-refractivity contribution in [3.63, 3.8) is 0 Å². The van der Waals surface area contributed by atoms with Crippen molar-refractivity contribution >= 4 is 5.82 Å². The van der Waals surface area contributed by atoms with E-state index >= 15 is 0 Å². The van der Waals surface area contributed by atoms with Crippen LogP contribution in [0.2, 0.25) is 0 Å². The largest absolute Gasteiger partial charge is 0.468 e. The molecular formula is C16H26N4O. The standard InChI is InChI=1S/C16H26N4O/c1-11(2)15-13(16(19(4)5)20(6)18-15)10-17-12(3)14-8-7-9-21-14/h7-9,11-12,17H,10H2,1-6H3. The fourth-order valence-corrected chi connectivity index (χ4v) is 2.67. The Bertz CT molecular complexity index is 569. The summed E-state index contributed by atoms with van der Waals surface area (Å²) >= 11 is 0. The number of hydrogen-bond acceptors (Lipinski definition) is 4. The molecule has 116 valence electrons. The van der Waals surface area contributed by atoms with Crippen LogP contribution in [0.3, 0.4) is 0 Å². The SMILES string of the molecule is CC(C)c1nn(C)c(N(C)C)c1CNC(C)c1ccco1. The molecule has 2 aromatic rings. The molecule has 0 aromatic carbocycles. The second-order valence-corrected chi connectivity index (χ2v) is 5.98. The van der Waals surface area contributed by atoms with Crippen LogP contribution < -0.4 is 10.2 Å². The molecule has 0 aliphatic rings. The Labute approximate surface area is 126 Å². The summed E-state index contributed by atoms with van der Waals surface area (Å²) in [4.78, 5) is 2.12. The molecule has 2 rings (SSSR count). The van der Waals surface area contributed by atoms with Crippen LogP contribution in [0.5, 0.6) is 0 Å². The normalized spacial score (nSPS) is 12.9. The lowest BCUT2D eigenvalue weighted by Crippen LogP contribution is -2.21. The zero-order valence-electron chi connectivity index (χ0n) is 13.8. The molecule has 5 nitrogen and oxygen atoms in total. The lowest BCUT2D eigenvalue weighted by atomic mass is 10.0. The summed E-state index contributed by atoms with van der Waals surface area (Å²) in [6.07, 6.45) is 1.71. The topological polar surface area (TPSA) is 46.2 Å². The van der Waals surface area contributed by atoms with Crippen molar-refractivity contribution in [3.8, 4) is 0 Å². The first-order chi connectivity index (χ1) is 9.91. The van der Waals surface area contributed by atoms with Crippen molar-refractivity contribution in [2.45, 2.75) is 39.3 Å². The van der Waals surface area contributed by atoms with Gasteiger partial charge in [-0.3, -0.25) is 4.68 Å². The third kappa shape index (κ3) is 3.29. The molecule has 0 aliphatic heterocycles. The number of nitrogens with one attached hydrogen (secondary N) is 1. The van der Waals surface area contributed by atoms with E-state index in [0.717, 1.165) is 23.8 Å². The van der Waals surface area contributed by atoms with Crippen LogP contribution in [0.1, 0.15) is 49.7 Å². The molecule has 5 heteroatoms. The highest BCUT2D eigenvalue weighted by atomic mass is 16.3. The first kappa shape index (κ1) is 15.6. The Morgan fingerprint density at radius 2 is 2.05 bits per heavy atom. The van der Waals surface area contributed by atoms with Crippen LogP contribution >= 0.6 is 0 Å². The van der Waals surface area contributed by atoms with Gasteiger partial charge in [-0.1, -0.05) is 13.8 Å². The minimum atomic E-state index is 0.176. The third-order valence-corrected chi connectivity index (χ3v) is 3.67. The maximum Gasteiger partial charge on any atom is 0.130 e. The second kappa shape index (κ2) is 6.35. The van der Waals surface area contributed by atoms with Gasteiger partial charge in [-0.15, -0.1) is 0 Å². The lowest BCUT2D eigenvalue weighted by molar-refractivity contribution is 0.429. The third-order valence-electron chi connectivity index (χ3n) is 3.67. The number of anilines is 1. The number of aromatic nitrogens is 2. The molecule has 2 aromatic heterocycles. The minimum absolute atomic E-state index is 0.176. The molecular weight excluding hydrogens is 264 g/mol. The monoisotopic (exact) mass is 290 g/mol. The molecule has 0 saturated heterocycles. The fourth-order valence-electron chi connectivity index (χ4n) is 2.67. The number of nitrogens with zero attached hydrogens (tertiary/aromatic N) is 3. The van der Waals surface area contributed by atoms with Crippen LogP contribution in [0.25, 0.3) is 0 Å². The molecule has 0 amide bonds. The minimum Gasteiger partial charge on any atom is -0.468 e. The van der Waals surface area contributed by atoms with Gasteiger partial charge in [0.15, 0.2) is 0 Å². The highest BCUT2D eigenvalue weighted by Gasteiger charge is 2.20. The predicted molar refractivity (Wildman–Crippen MR) is 85.6 cm³/mol. The van der Waals surface area contributed by atoms with E-state index in [0.29, 0.717) is 5.92 Å². The van der Waals surface area contributed by atoms with Gasteiger partial charge >= 0.3 is 0 Å². The molecule has 21 heavy (non-hydrogen) atoms. The van der Waals surface area contributed by atoms with Gasteiger partial charge < -0.3 is 14.6 Å². The van der Waals surface area contributed by atoms with E-state index in [-0.39, 0.29) is 6.04 Å². The first-order valence-electron chi connectivity index (χ1n) is 7.41. The maximum absolute atomic E-state index is 5.45. The van der Waals surface area contributed by atoms with Gasteiger partial charge in [0.2, 0.25) is 0 Å². The van der Waals surface area contributed by atoms with Gasteiger partial charge in [0, 0.05) is 33.3 Å². The lowest BCUT2D eigenvalue weighted by Gasteiger charge is -2.18. The number of furan rings is 1. The molecule has 0 aliphatic carbocycles. The van der Waals surface area contributed by atoms with Crippen molar-refractivity contribution in [1.82, 2.24) is 15.1 Å². The summed E-state index contributed by atoms with van der Waals surface area (Å²) in [6.45, 7) is 7.25. The number of aryl methyl sites for hydroxylation is 1. The van der Waals surface area contributed by atoms with Crippen molar-refractivity contribution in [1.29, 1.82) is 0 Å². The van der Waals surface area contributed by atoms with Gasteiger partial charge in [0.1, 0.15) is 11.6 Å². The Kier molecular flexibility index (Phi) is 4.73. The molecule has 2 heterocycles. The Morgan fingerprint density at radius 1 is 1.33 bits per heavy atom. The van der Waals surface area contributed by atoms with E-state index in [2.05, 4.69) is 50.2 Å². The fraction of sp³-hybridized carbons (Fsp3) is 0.562. The first-order valence-corrected chi connectivity index (χ1v) is 7.41. The molecule has 0 fully saturated rings. The van der Waals surface area contributed by atoms with Crippen LogP contribution in [-0.2, 0) is 13.6 Å². The van der Waals surface area contributed by atoms with Gasteiger partial charge in [-0.05, 0) is 25.0 Å². The summed E-state index contributed by atoms with van der Waals surface area (Å²) < 4.78 is 7.41. The zero-order valence-corrected chi connectivity index (χ0v) is 13.8. The molecule has 1 unspecified atom stereocenters. The molecule has 0 spiro atoms. The quantitative estimate of drug-likeness (QED) is 0.888. The summed E-state index contributed by atoms with van der Waals surface area (Å²) in [5.41, 5.74) is 2.41. The average Bonchev–Trinajstić information content (AvgIpc) is 3.02. The summed E-state index contributed by atoms with van der Waals surface area (Å²) in [5, 5.41) is 8.22. The maximum atomic E-state index is 5.45. The van der Waals surface area contributed by atoms with Crippen LogP contribution in [-0.4, -0.2) is 23.9 Å². The molecule has 1 N–H and O–H groups in total. The summed E-state index contributed by atoms with van der Waals surface area (Å²) in [6, 6.07) is 4.09. The molecule has 0 radical (unpaired) electrons. The highest BCUT2D eigenvalue weighted by molar-refractivity contribution is 5.50. The van der Waals surface area contributed by atoms with Crippen molar-refractivity contribution < 1.29 is 4.42 Å². The summed E-state index contributed by atoms with van der Waals surface area (Å²) in [5.74, 6) is 2.51. The van der Waals surface area contributed by atoms with Crippen LogP contribution in [0, 0.1) is 0 Å². The van der Waals surface area contributed by atoms with Crippen LogP contribution in [0.4, 0.5) is 5.82 Å². The van der Waals surface area contributed by atoms with Crippen molar-refractivity contribution in [2.75, 3.05) is 19.0 Å².